The topological polar surface area (TPSA) is 85.1 Å². The molecule has 2 amide bonds. The molecule has 1 atom stereocenters. The highest BCUT2D eigenvalue weighted by atomic mass is 32.1. The Morgan fingerprint density at radius 1 is 1.38 bits per heavy atom. The van der Waals surface area contributed by atoms with E-state index in [1.807, 2.05) is 13.8 Å². The van der Waals surface area contributed by atoms with Crippen molar-refractivity contribution >= 4 is 29.2 Å². The molecule has 1 aromatic rings. The van der Waals surface area contributed by atoms with E-state index in [0.717, 1.165) is 9.88 Å². The van der Waals surface area contributed by atoms with Gasteiger partial charge in [-0.05, 0) is 12.0 Å². The lowest BCUT2D eigenvalue weighted by atomic mass is 9.98. The molecule has 6 heteroatoms. The summed E-state index contributed by atoms with van der Waals surface area (Å²) in [6, 6.07) is -0.659. The van der Waals surface area contributed by atoms with Crippen LogP contribution in [0.15, 0.2) is 12.3 Å². The smallest absolute Gasteiger partial charge is 0.244 e. The number of aromatic nitrogens is 1. The van der Waals surface area contributed by atoms with Crippen molar-refractivity contribution in [1.29, 1.82) is 0 Å². The molecular formula is C15H23N3O2S. The average molecular weight is 309 g/mol. The molecule has 0 aliphatic heterocycles. The van der Waals surface area contributed by atoms with Gasteiger partial charge >= 0.3 is 0 Å². The molecule has 21 heavy (non-hydrogen) atoms. The molecule has 0 saturated heterocycles. The van der Waals surface area contributed by atoms with Gasteiger partial charge in [0.25, 0.3) is 0 Å². The van der Waals surface area contributed by atoms with Crippen molar-refractivity contribution in [3.05, 3.63) is 22.2 Å². The van der Waals surface area contributed by atoms with Gasteiger partial charge in [-0.2, -0.15) is 0 Å². The molecular weight excluding hydrogens is 286 g/mol. The predicted octanol–water partition coefficient (Wildman–Crippen LogP) is 2.08. The van der Waals surface area contributed by atoms with Crippen LogP contribution in [0.3, 0.4) is 0 Å². The number of nitrogens with one attached hydrogen (secondary N) is 1. The van der Waals surface area contributed by atoms with Crippen LogP contribution in [0.2, 0.25) is 0 Å². The number of carbonyl (C=O) groups is 2. The van der Waals surface area contributed by atoms with E-state index < -0.39 is 11.9 Å². The first-order valence-electron chi connectivity index (χ1n) is 6.85. The standard InChI is InChI=1S/C15H23N3O2S/c1-9(2)12(13(16)20)18-11(19)7-6-10-8-17-14(21-10)15(3,4)5/h6-9,12H,1-5H3,(H2,16,20)(H,18,19)/b7-6+/t12-/m0/s1. The summed E-state index contributed by atoms with van der Waals surface area (Å²) in [4.78, 5) is 28.3. The number of rotatable bonds is 5. The summed E-state index contributed by atoms with van der Waals surface area (Å²) in [5, 5.41) is 3.62. The number of nitrogens with zero attached hydrogens (tertiary/aromatic N) is 1. The van der Waals surface area contributed by atoms with Crippen LogP contribution in [0.5, 0.6) is 0 Å². The molecule has 1 aromatic heterocycles. The van der Waals surface area contributed by atoms with Crippen LogP contribution in [-0.4, -0.2) is 22.8 Å². The Kier molecular flexibility index (Phi) is 5.66. The summed E-state index contributed by atoms with van der Waals surface area (Å²) in [6.07, 6.45) is 4.84. The molecule has 1 rings (SSSR count). The quantitative estimate of drug-likeness (QED) is 0.817. The second-order valence-corrected chi connectivity index (χ2v) is 7.35. The van der Waals surface area contributed by atoms with Gasteiger partial charge in [-0.1, -0.05) is 34.6 Å². The maximum absolute atomic E-state index is 11.8. The molecule has 1 heterocycles. The minimum Gasteiger partial charge on any atom is -0.368 e. The number of carbonyl (C=O) groups excluding carboxylic acids is 2. The zero-order valence-electron chi connectivity index (χ0n) is 13.1. The molecule has 0 aliphatic carbocycles. The fourth-order valence-electron chi connectivity index (χ4n) is 1.64. The zero-order valence-corrected chi connectivity index (χ0v) is 14.0. The normalized spacial score (nSPS) is 13.6. The van der Waals surface area contributed by atoms with Gasteiger partial charge in [-0.25, -0.2) is 4.98 Å². The largest absolute Gasteiger partial charge is 0.368 e. The monoisotopic (exact) mass is 309 g/mol. The SMILES string of the molecule is CC(C)[C@H](NC(=O)/C=C/c1cnc(C(C)(C)C)s1)C(N)=O. The Balaban J connectivity index is 2.70. The van der Waals surface area contributed by atoms with Gasteiger partial charge in [-0.3, -0.25) is 9.59 Å². The van der Waals surface area contributed by atoms with E-state index in [-0.39, 0.29) is 17.2 Å². The Hall–Kier alpha value is -1.69. The molecule has 5 nitrogen and oxygen atoms in total. The van der Waals surface area contributed by atoms with Crippen LogP contribution in [0.25, 0.3) is 6.08 Å². The molecule has 0 bridgehead atoms. The molecule has 116 valence electrons. The molecule has 0 aromatic carbocycles. The van der Waals surface area contributed by atoms with Gasteiger partial charge in [-0.15, -0.1) is 11.3 Å². The number of hydrogen-bond acceptors (Lipinski definition) is 4. The summed E-state index contributed by atoms with van der Waals surface area (Å²) >= 11 is 1.54. The van der Waals surface area contributed by atoms with Crippen LogP contribution >= 0.6 is 11.3 Å². The maximum atomic E-state index is 11.8. The van der Waals surface area contributed by atoms with E-state index in [9.17, 15) is 9.59 Å². The summed E-state index contributed by atoms with van der Waals surface area (Å²) in [5.74, 6) is -0.909. The van der Waals surface area contributed by atoms with E-state index in [1.54, 1.807) is 23.6 Å². The van der Waals surface area contributed by atoms with Crippen molar-refractivity contribution in [2.75, 3.05) is 0 Å². The van der Waals surface area contributed by atoms with Gasteiger partial charge in [0.1, 0.15) is 6.04 Å². The Labute approximate surface area is 129 Å². The Morgan fingerprint density at radius 2 is 2.00 bits per heavy atom. The van der Waals surface area contributed by atoms with E-state index in [4.69, 9.17) is 5.73 Å². The molecule has 0 saturated carbocycles. The third-order valence-corrected chi connectivity index (χ3v) is 4.22. The Bertz CT molecular complexity index is 541. The minimum absolute atomic E-state index is 0.00623. The fraction of sp³-hybridized carbons (Fsp3) is 0.533. The van der Waals surface area contributed by atoms with E-state index in [2.05, 4.69) is 31.1 Å². The average Bonchev–Trinajstić information content (AvgIpc) is 2.81. The third-order valence-electron chi connectivity index (χ3n) is 2.84. The Morgan fingerprint density at radius 3 is 2.43 bits per heavy atom. The number of hydrogen-bond donors (Lipinski definition) is 2. The van der Waals surface area contributed by atoms with Gasteiger partial charge in [0, 0.05) is 22.6 Å². The van der Waals surface area contributed by atoms with Crippen LogP contribution in [0.4, 0.5) is 0 Å². The second-order valence-electron chi connectivity index (χ2n) is 6.28. The zero-order chi connectivity index (χ0) is 16.2. The first kappa shape index (κ1) is 17.4. The highest BCUT2D eigenvalue weighted by Crippen LogP contribution is 2.27. The second kappa shape index (κ2) is 6.85. The van der Waals surface area contributed by atoms with Crippen molar-refractivity contribution in [3.8, 4) is 0 Å². The van der Waals surface area contributed by atoms with Crippen molar-refractivity contribution in [3.63, 3.8) is 0 Å². The number of nitrogens with two attached hydrogens (primary N) is 1. The lowest BCUT2D eigenvalue weighted by molar-refractivity contribution is -0.126. The highest BCUT2D eigenvalue weighted by Gasteiger charge is 2.20. The van der Waals surface area contributed by atoms with Crippen molar-refractivity contribution < 1.29 is 9.59 Å². The fourth-order valence-corrected chi connectivity index (χ4v) is 2.51. The van der Waals surface area contributed by atoms with Crippen molar-refractivity contribution in [2.45, 2.75) is 46.1 Å². The van der Waals surface area contributed by atoms with Crippen LogP contribution < -0.4 is 11.1 Å². The lowest BCUT2D eigenvalue weighted by Crippen LogP contribution is -2.47. The molecule has 0 fully saturated rings. The van der Waals surface area contributed by atoms with E-state index in [0.29, 0.717) is 0 Å². The van der Waals surface area contributed by atoms with E-state index >= 15 is 0 Å². The number of primary amides is 1. The first-order valence-corrected chi connectivity index (χ1v) is 7.67. The lowest BCUT2D eigenvalue weighted by Gasteiger charge is -2.17. The van der Waals surface area contributed by atoms with Crippen LogP contribution in [-0.2, 0) is 15.0 Å². The van der Waals surface area contributed by atoms with E-state index in [1.165, 1.54) is 6.08 Å². The number of thiazole rings is 1. The minimum atomic E-state index is -0.659. The van der Waals surface area contributed by atoms with Gasteiger partial charge < -0.3 is 11.1 Å². The van der Waals surface area contributed by atoms with Crippen molar-refractivity contribution in [2.24, 2.45) is 11.7 Å². The third kappa shape index (κ3) is 5.30. The molecule has 0 aliphatic rings. The van der Waals surface area contributed by atoms with Gasteiger partial charge in [0.2, 0.25) is 11.8 Å². The maximum Gasteiger partial charge on any atom is 0.244 e. The van der Waals surface area contributed by atoms with Gasteiger partial charge in [0.15, 0.2) is 0 Å². The molecule has 0 unspecified atom stereocenters. The molecule has 3 N–H and O–H groups in total. The summed E-state index contributed by atoms with van der Waals surface area (Å²) in [6.45, 7) is 9.93. The summed E-state index contributed by atoms with van der Waals surface area (Å²) in [7, 11) is 0. The van der Waals surface area contributed by atoms with Crippen molar-refractivity contribution in [1.82, 2.24) is 10.3 Å². The number of amides is 2. The predicted molar refractivity (Wildman–Crippen MR) is 85.8 cm³/mol. The summed E-state index contributed by atoms with van der Waals surface area (Å²) in [5.41, 5.74) is 5.25. The molecule has 0 radical (unpaired) electrons. The van der Waals surface area contributed by atoms with Gasteiger partial charge in [0.05, 0.1) is 5.01 Å². The van der Waals surface area contributed by atoms with Crippen LogP contribution in [0.1, 0.15) is 44.5 Å². The molecule has 0 spiro atoms. The summed E-state index contributed by atoms with van der Waals surface area (Å²) < 4.78 is 0. The van der Waals surface area contributed by atoms with Crippen LogP contribution in [0, 0.1) is 5.92 Å². The highest BCUT2D eigenvalue weighted by molar-refractivity contribution is 7.12. The first-order chi connectivity index (χ1) is 9.61.